The van der Waals surface area contributed by atoms with Crippen LogP contribution in [0.15, 0.2) is 10.5 Å². The SMILES string of the molecule is CCCc1nc([C@H]2CN(C(=O)[C@H](C)c3cc(C)oc3C)CCO2)n[nH]1. The maximum atomic E-state index is 12.9. The van der Waals surface area contributed by atoms with Crippen LogP contribution in [0.5, 0.6) is 0 Å². The van der Waals surface area contributed by atoms with Crippen LogP contribution in [-0.4, -0.2) is 45.7 Å². The molecule has 0 bridgehead atoms. The highest BCUT2D eigenvalue weighted by Crippen LogP contribution is 2.27. The molecule has 0 unspecified atom stereocenters. The number of nitrogens with zero attached hydrogens (tertiary/aromatic N) is 3. The fourth-order valence-electron chi connectivity index (χ4n) is 3.30. The third-order valence-corrected chi connectivity index (χ3v) is 4.62. The average Bonchev–Trinajstić information content (AvgIpc) is 3.20. The van der Waals surface area contributed by atoms with Crippen LogP contribution >= 0.6 is 0 Å². The van der Waals surface area contributed by atoms with Gasteiger partial charge < -0.3 is 14.1 Å². The van der Waals surface area contributed by atoms with Crippen LogP contribution in [0.1, 0.15) is 61.0 Å². The number of aryl methyl sites for hydroxylation is 3. The van der Waals surface area contributed by atoms with E-state index in [1.165, 1.54) is 0 Å². The molecule has 1 aliphatic rings. The Kier molecular flexibility index (Phi) is 5.22. The van der Waals surface area contributed by atoms with Gasteiger partial charge in [-0.15, -0.1) is 0 Å². The Morgan fingerprint density at radius 2 is 2.28 bits per heavy atom. The van der Waals surface area contributed by atoms with Gasteiger partial charge in [-0.1, -0.05) is 6.92 Å². The predicted molar refractivity (Wildman–Crippen MR) is 92.2 cm³/mol. The number of nitrogens with one attached hydrogen (secondary N) is 1. The van der Waals surface area contributed by atoms with Crippen molar-refractivity contribution in [1.82, 2.24) is 20.1 Å². The molecule has 136 valence electrons. The van der Waals surface area contributed by atoms with Gasteiger partial charge in [0.1, 0.15) is 23.4 Å². The Balaban J connectivity index is 1.69. The molecular weight excluding hydrogens is 320 g/mol. The summed E-state index contributed by atoms with van der Waals surface area (Å²) in [6.07, 6.45) is 1.59. The number of rotatable bonds is 5. The first kappa shape index (κ1) is 17.7. The summed E-state index contributed by atoms with van der Waals surface area (Å²) in [5, 5.41) is 7.21. The Labute approximate surface area is 147 Å². The van der Waals surface area contributed by atoms with Gasteiger partial charge in [0, 0.05) is 18.5 Å². The second-order valence-corrected chi connectivity index (χ2v) is 6.62. The van der Waals surface area contributed by atoms with E-state index in [2.05, 4.69) is 22.1 Å². The van der Waals surface area contributed by atoms with Crippen molar-refractivity contribution in [2.24, 2.45) is 0 Å². The summed E-state index contributed by atoms with van der Waals surface area (Å²) in [5.41, 5.74) is 0.952. The van der Waals surface area contributed by atoms with Crippen molar-refractivity contribution in [2.75, 3.05) is 19.7 Å². The lowest BCUT2D eigenvalue weighted by atomic mass is 9.99. The Bertz CT molecular complexity index is 737. The summed E-state index contributed by atoms with van der Waals surface area (Å²) < 4.78 is 11.4. The van der Waals surface area contributed by atoms with Crippen molar-refractivity contribution in [3.05, 3.63) is 34.8 Å². The van der Waals surface area contributed by atoms with Crippen LogP contribution in [0.3, 0.4) is 0 Å². The van der Waals surface area contributed by atoms with E-state index in [0.29, 0.717) is 25.5 Å². The summed E-state index contributed by atoms with van der Waals surface area (Å²) in [4.78, 5) is 19.3. The average molecular weight is 346 g/mol. The van der Waals surface area contributed by atoms with Crippen LogP contribution < -0.4 is 0 Å². The van der Waals surface area contributed by atoms with Crippen molar-refractivity contribution in [2.45, 2.75) is 52.6 Å². The molecule has 0 spiro atoms. The highest BCUT2D eigenvalue weighted by molar-refractivity contribution is 5.83. The summed E-state index contributed by atoms with van der Waals surface area (Å²) in [7, 11) is 0. The fraction of sp³-hybridized carbons (Fsp3) is 0.611. The molecule has 0 aliphatic carbocycles. The minimum atomic E-state index is -0.279. The van der Waals surface area contributed by atoms with Crippen LogP contribution in [0, 0.1) is 13.8 Å². The largest absolute Gasteiger partial charge is 0.466 e. The van der Waals surface area contributed by atoms with Gasteiger partial charge in [0.15, 0.2) is 5.82 Å². The van der Waals surface area contributed by atoms with E-state index in [1.54, 1.807) is 0 Å². The molecule has 3 rings (SSSR count). The maximum Gasteiger partial charge on any atom is 0.230 e. The summed E-state index contributed by atoms with van der Waals surface area (Å²) in [6, 6.07) is 1.95. The van der Waals surface area contributed by atoms with Crippen molar-refractivity contribution in [3.8, 4) is 0 Å². The van der Waals surface area contributed by atoms with Gasteiger partial charge in [-0.25, -0.2) is 4.98 Å². The van der Waals surface area contributed by atoms with Gasteiger partial charge in [0.2, 0.25) is 5.91 Å². The van der Waals surface area contributed by atoms with E-state index in [1.807, 2.05) is 31.7 Å². The number of ether oxygens (including phenoxy) is 1. The zero-order chi connectivity index (χ0) is 18.0. The number of aromatic amines is 1. The van der Waals surface area contributed by atoms with Gasteiger partial charge in [-0.05, 0) is 33.3 Å². The number of carbonyl (C=O) groups excluding carboxylic acids is 1. The smallest absolute Gasteiger partial charge is 0.230 e. The molecule has 3 heterocycles. The van der Waals surface area contributed by atoms with E-state index in [0.717, 1.165) is 35.7 Å². The fourth-order valence-corrected chi connectivity index (χ4v) is 3.30. The first-order chi connectivity index (χ1) is 12.0. The molecule has 25 heavy (non-hydrogen) atoms. The maximum absolute atomic E-state index is 12.9. The Morgan fingerprint density at radius 3 is 2.96 bits per heavy atom. The normalized spacial score (nSPS) is 19.2. The number of hydrogen-bond acceptors (Lipinski definition) is 5. The summed E-state index contributed by atoms with van der Waals surface area (Å²) in [5.74, 6) is 2.98. The molecule has 0 radical (unpaired) electrons. The monoisotopic (exact) mass is 346 g/mol. The van der Waals surface area contributed by atoms with Crippen molar-refractivity contribution in [3.63, 3.8) is 0 Å². The molecule has 0 aromatic carbocycles. The summed E-state index contributed by atoms with van der Waals surface area (Å²) >= 11 is 0. The first-order valence-electron chi connectivity index (χ1n) is 8.88. The van der Waals surface area contributed by atoms with Crippen LogP contribution in [0.25, 0.3) is 0 Å². The van der Waals surface area contributed by atoms with Crippen molar-refractivity contribution >= 4 is 5.91 Å². The third kappa shape index (κ3) is 3.76. The molecule has 2 aromatic heterocycles. The van der Waals surface area contributed by atoms with E-state index in [-0.39, 0.29) is 17.9 Å². The summed E-state index contributed by atoms with van der Waals surface area (Å²) in [6.45, 7) is 9.37. The predicted octanol–water partition coefficient (Wildman–Crippen LogP) is 2.67. The molecule has 7 heteroatoms. The zero-order valence-electron chi connectivity index (χ0n) is 15.3. The standard InChI is InChI=1S/C18H26N4O3/c1-5-6-16-19-17(21-20-16)15-10-22(7-8-24-15)18(23)12(3)14-9-11(2)25-13(14)4/h9,12,15H,5-8,10H2,1-4H3,(H,19,20,21)/t12-,15-/m1/s1. The topological polar surface area (TPSA) is 84.2 Å². The highest BCUT2D eigenvalue weighted by atomic mass is 16.5. The van der Waals surface area contributed by atoms with Gasteiger partial charge in [0.25, 0.3) is 0 Å². The minimum absolute atomic E-state index is 0.0847. The third-order valence-electron chi connectivity index (χ3n) is 4.62. The molecule has 1 aliphatic heterocycles. The molecule has 7 nitrogen and oxygen atoms in total. The van der Waals surface area contributed by atoms with Crippen LogP contribution in [0.4, 0.5) is 0 Å². The highest BCUT2D eigenvalue weighted by Gasteiger charge is 2.31. The molecule has 1 fully saturated rings. The second-order valence-electron chi connectivity index (χ2n) is 6.62. The minimum Gasteiger partial charge on any atom is -0.466 e. The quantitative estimate of drug-likeness (QED) is 0.900. The number of H-pyrrole nitrogens is 1. The number of furan rings is 1. The Hall–Kier alpha value is -2.15. The molecule has 2 aromatic rings. The number of aromatic nitrogens is 3. The number of amides is 1. The van der Waals surface area contributed by atoms with E-state index < -0.39 is 0 Å². The Morgan fingerprint density at radius 1 is 1.48 bits per heavy atom. The number of morpholine rings is 1. The van der Waals surface area contributed by atoms with E-state index in [9.17, 15) is 4.79 Å². The van der Waals surface area contributed by atoms with Gasteiger partial charge in [-0.2, -0.15) is 5.10 Å². The van der Waals surface area contributed by atoms with E-state index >= 15 is 0 Å². The van der Waals surface area contributed by atoms with Gasteiger partial charge >= 0.3 is 0 Å². The molecular formula is C18H26N4O3. The lowest BCUT2D eigenvalue weighted by Crippen LogP contribution is -2.44. The van der Waals surface area contributed by atoms with Gasteiger partial charge in [-0.3, -0.25) is 9.89 Å². The zero-order valence-corrected chi connectivity index (χ0v) is 15.3. The molecule has 1 amide bonds. The number of carbonyl (C=O) groups is 1. The van der Waals surface area contributed by atoms with Crippen molar-refractivity contribution < 1.29 is 13.9 Å². The van der Waals surface area contributed by atoms with E-state index in [4.69, 9.17) is 9.15 Å². The van der Waals surface area contributed by atoms with Crippen LogP contribution in [0.2, 0.25) is 0 Å². The van der Waals surface area contributed by atoms with Gasteiger partial charge in [0.05, 0.1) is 19.1 Å². The molecule has 1 saturated heterocycles. The van der Waals surface area contributed by atoms with Crippen molar-refractivity contribution in [1.29, 1.82) is 0 Å². The number of hydrogen-bond donors (Lipinski definition) is 1. The molecule has 2 atom stereocenters. The lowest BCUT2D eigenvalue weighted by molar-refractivity contribution is -0.140. The molecule has 0 saturated carbocycles. The second kappa shape index (κ2) is 7.39. The molecule has 1 N–H and O–H groups in total. The first-order valence-corrected chi connectivity index (χ1v) is 8.88. The lowest BCUT2D eigenvalue weighted by Gasteiger charge is -2.33. The van der Waals surface area contributed by atoms with Crippen LogP contribution in [-0.2, 0) is 16.0 Å².